The van der Waals surface area contributed by atoms with Crippen LogP contribution >= 0.6 is 15.9 Å². The first-order valence-electron chi connectivity index (χ1n) is 8.91. The minimum Gasteiger partial charge on any atom is -0.455 e. The fraction of sp³-hybridized carbons (Fsp3) is 0.200. The van der Waals surface area contributed by atoms with Crippen LogP contribution in [0.5, 0.6) is 0 Å². The van der Waals surface area contributed by atoms with E-state index in [1.165, 1.54) is 24.3 Å². The summed E-state index contributed by atoms with van der Waals surface area (Å²) in [6, 6.07) is 11.7. The highest BCUT2D eigenvalue weighted by Gasteiger charge is 2.36. The van der Waals surface area contributed by atoms with Crippen LogP contribution in [0, 0.1) is 11.7 Å². The molecular formula is C20H17BrFN3O5. The molecule has 0 bridgehead atoms. The molecule has 0 spiro atoms. The van der Waals surface area contributed by atoms with Gasteiger partial charge in [-0.2, -0.15) is 0 Å². The summed E-state index contributed by atoms with van der Waals surface area (Å²) in [6.45, 7) is -0.605. The van der Waals surface area contributed by atoms with Crippen molar-refractivity contribution in [3.63, 3.8) is 0 Å². The van der Waals surface area contributed by atoms with E-state index in [9.17, 15) is 23.6 Å². The zero-order chi connectivity index (χ0) is 21.7. The smallest absolute Gasteiger partial charge is 0.311 e. The molecule has 1 fully saturated rings. The monoisotopic (exact) mass is 477 g/mol. The van der Waals surface area contributed by atoms with Gasteiger partial charge in [-0.25, -0.2) is 4.39 Å². The molecule has 30 heavy (non-hydrogen) atoms. The van der Waals surface area contributed by atoms with E-state index >= 15 is 0 Å². The maximum absolute atomic E-state index is 12.9. The first-order chi connectivity index (χ1) is 14.3. The number of rotatable bonds is 6. The topological polar surface area (TPSA) is 105 Å². The van der Waals surface area contributed by atoms with Gasteiger partial charge < -0.3 is 10.1 Å². The number of ether oxygens (including phenoxy) is 1. The molecule has 2 aromatic rings. The van der Waals surface area contributed by atoms with Gasteiger partial charge in [0, 0.05) is 22.1 Å². The normalized spacial score (nSPS) is 15.6. The van der Waals surface area contributed by atoms with Crippen LogP contribution < -0.4 is 10.7 Å². The molecule has 1 saturated heterocycles. The van der Waals surface area contributed by atoms with Gasteiger partial charge in [0.25, 0.3) is 11.8 Å². The van der Waals surface area contributed by atoms with Gasteiger partial charge in [-0.05, 0) is 48.5 Å². The van der Waals surface area contributed by atoms with Gasteiger partial charge in [-0.15, -0.1) is 0 Å². The van der Waals surface area contributed by atoms with Crippen molar-refractivity contribution in [2.45, 2.75) is 6.42 Å². The van der Waals surface area contributed by atoms with E-state index in [2.05, 4.69) is 26.7 Å². The average Bonchev–Trinajstić information content (AvgIpc) is 3.09. The average molecular weight is 478 g/mol. The van der Waals surface area contributed by atoms with Gasteiger partial charge in [0.1, 0.15) is 5.82 Å². The van der Waals surface area contributed by atoms with E-state index in [0.717, 1.165) is 9.48 Å². The molecule has 1 heterocycles. The standard InChI is InChI=1S/C20H17BrFN3O5/c21-14-3-1-12(2-4-14)19(28)24-25-10-13(9-18(25)27)20(29)30-11-17(26)23-16-7-5-15(22)6-8-16/h1-8,13H,9-11H2,(H,23,26)(H,24,28)/t13-/m0/s1. The van der Waals surface area contributed by atoms with Crippen LogP contribution in [0.1, 0.15) is 16.8 Å². The molecule has 3 rings (SSSR count). The van der Waals surface area contributed by atoms with Gasteiger partial charge in [0.15, 0.2) is 6.61 Å². The zero-order valence-electron chi connectivity index (χ0n) is 15.6. The number of hydrazine groups is 1. The Morgan fingerprint density at radius 1 is 1.10 bits per heavy atom. The molecule has 1 atom stereocenters. The summed E-state index contributed by atoms with van der Waals surface area (Å²) in [5.41, 5.74) is 3.18. The van der Waals surface area contributed by atoms with E-state index < -0.39 is 42.0 Å². The lowest BCUT2D eigenvalue weighted by Crippen LogP contribution is -2.43. The maximum atomic E-state index is 12.9. The Bertz CT molecular complexity index is 965. The van der Waals surface area contributed by atoms with E-state index in [4.69, 9.17) is 4.74 Å². The Kier molecular flexibility index (Phi) is 6.78. The van der Waals surface area contributed by atoms with Crippen LogP contribution in [-0.2, 0) is 19.1 Å². The van der Waals surface area contributed by atoms with Crippen LogP contribution in [0.4, 0.5) is 10.1 Å². The number of nitrogens with zero attached hydrogens (tertiary/aromatic N) is 1. The number of hydrogen-bond acceptors (Lipinski definition) is 5. The van der Waals surface area contributed by atoms with Crippen LogP contribution in [-0.4, -0.2) is 41.9 Å². The number of amides is 3. The first kappa shape index (κ1) is 21.4. The van der Waals surface area contributed by atoms with E-state index in [1.807, 2.05) is 0 Å². The Morgan fingerprint density at radius 3 is 2.43 bits per heavy atom. The molecule has 1 aliphatic heterocycles. The van der Waals surface area contributed by atoms with Crippen molar-refractivity contribution in [2.24, 2.45) is 5.92 Å². The minimum absolute atomic E-state index is 0.0560. The van der Waals surface area contributed by atoms with Crippen LogP contribution in [0.3, 0.4) is 0 Å². The fourth-order valence-electron chi connectivity index (χ4n) is 2.75. The van der Waals surface area contributed by atoms with Crippen molar-refractivity contribution in [2.75, 3.05) is 18.5 Å². The number of esters is 1. The predicted octanol–water partition coefficient (Wildman–Crippen LogP) is 2.26. The molecule has 0 aromatic heterocycles. The molecule has 156 valence electrons. The number of carbonyl (C=O) groups excluding carboxylic acids is 4. The lowest BCUT2D eigenvalue weighted by molar-refractivity contribution is -0.151. The van der Waals surface area contributed by atoms with Crippen molar-refractivity contribution in [1.82, 2.24) is 10.4 Å². The molecule has 0 unspecified atom stereocenters. The van der Waals surface area contributed by atoms with Crippen molar-refractivity contribution >= 4 is 45.3 Å². The number of hydrogen-bond donors (Lipinski definition) is 2. The third kappa shape index (κ3) is 5.63. The highest BCUT2D eigenvalue weighted by molar-refractivity contribution is 9.10. The zero-order valence-corrected chi connectivity index (χ0v) is 17.1. The molecule has 0 saturated carbocycles. The van der Waals surface area contributed by atoms with Crippen molar-refractivity contribution in [1.29, 1.82) is 0 Å². The Hall–Kier alpha value is -3.27. The summed E-state index contributed by atoms with van der Waals surface area (Å²) in [4.78, 5) is 48.4. The second-order valence-electron chi connectivity index (χ2n) is 6.52. The molecule has 2 N–H and O–H groups in total. The molecule has 0 aliphatic carbocycles. The Morgan fingerprint density at radius 2 is 1.77 bits per heavy atom. The fourth-order valence-corrected chi connectivity index (χ4v) is 3.01. The van der Waals surface area contributed by atoms with E-state index in [0.29, 0.717) is 11.3 Å². The molecule has 8 nitrogen and oxygen atoms in total. The maximum Gasteiger partial charge on any atom is 0.311 e. The Balaban J connectivity index is 1.47. The predicted molar refractivity (Wildman–Crippen MR) is 107 cm³/mol. The number of anilines is 1. The first-order valence-corrected chi connectivity index (χ1v) is 9.70. The van der Waals surface area contributed by atoms with E-state index in [-0.39, 0.29) is 13.0 Å². The molecule has 10 heteroatoms. The lowest BCUT2D eigenvalue weighted by Gasteiger charge is -2.17. The largest absolute Gasteiger partial charge is 0.455 e. The summed E-state index contributed by atoms with van der Waals surface area (Å²) in [6.07, 6.45) is -0.140. The highest BCUT2D eigenvalue weighted by atomic mass is 79.9. The van der Waals surface area contributed by atoms with Gasteiger partial charge in [-0.1, -0.05) is 15.9 Å². The lowest BCUT2D eigenvalue weighted by atomic mass is 10.1. The molecule has 0 radical (unpaired) electrons. The number of halogens is 2. The summed E-state index contributed by atoms with van der Waals surface area (Å²) in [7, 11) is 0. The molecule has 2 aromatic carbocycles. The number of nitrogens with one attached hydrogen (secondary N) is 2. The summed E-state index contributed by atoms with van der Waals surface area (Å²) in [5, 5.41) is 3.52. The van der Waals surface area contributed by atoms with Crippen LogP contribution in [0.25, 0.3) is 0 Å². The minimum atomic E-state index is -0.804. The summed E-state index contributed by atoms with van der Waals surface area (Å²) in [5.74, 6) is -3.48. The molecule has 3 amide bonds. The second-order valence-corrected chi connectivity index (χ2v) is 7.43. The quantitative estimate of drug-likeness (QED) is 0.620. The third-order valence-electron chi connectivity index (χ3n) is 4.27. The van der Waals surface area contributed by atoms with Gasteiger partial charge in [0.05, 0.1) is 12.5 Å². The number of benzene rings is 2. The van der Waals surface area contributed by atoms with Crippen molar-refractivity contribution < 1.29 is 28.3 Å². The molecular weight excluding hydrogens is 461 g/mol. The van der Waals surface area contributed by atoms with Crippen molar-refractivity contribution in [3.8, 4) is 0 Å². The highest BCUT2D eigenvalue weighted by Crippen LogP contribution is 2.18. The van der Waals surface area contributed by atoms with Crippen LogP contribution in [0.2, 0.25) is 0 Å². The van der Waals surface area contributed by atoms with Gasteiger partial charge >= 0.3 is 5.97 Å². The van der Waals surface area contributed by atoms with E-state index in [1.54, 1.807) is 24.3 Å². The summed E-state index contributed by atoms with van der Waals surface area (Å²) < 4.78 is 18.6. The van der Waals surface area contributed by atoms with Crippen LogP contribution in [0.15, 0.2) is 53.0 Å². The van der Waals surface area contributed by atoms with Crippen molar-refractivity contribution in [3.05, 3.63) is 64.4 Å². The molecule has 1 aliphatic rings. The SMILES string of the molecule is O=C(COC(=O)[C@H]1CC(=O)N(NC(=O)c2ccc(Br)cc2)C1)Nc1ccc(F)cc1. The second kappa shape index (κ2) is 9.49. The van der Waals surface area contributed by atoms with Gasteiger partial charge in [-0.3, -0.25) is 29.6 Å². The Labute approximate surface area is 179 Å². The number of carbonyl (C=O) groups is 4. The third-order valence-corrected chi connectivity index (χ3v) is 4.80. The van der Waals surface area contributed by atoms with Gasteiger partial charge in [0.2, 0.25) is 5.91 Å². The summed E-state index contributed by atoms with van der Waals surface area (Å²) >= 11 is 3.27.